The monoisotopic (exact) mass is 283 g/mol. The first-order chi connectivity index (χ1) is 10.1. The van der Waals surface area contributed by atoms with E-state index in [1.54, 1.807) is 24.3 Å². The molecule has 3 rings (SSSR count). The average molecular weight is 283 g/mol. The lowest BCUT2D eigenvalue weighted by Gasteiger charge is -1.95. The van der Waals surface area contributed by atoms with Crippen LogP contribution in [0.25, 0.3) is 23.2 Å². The Morgan fingerprint density at radius 2 is 2.14 bits per heavy atom. The number of benzene rings is 1. The van der Waals surface area contributed by atoms with Gasteiger partial charge in [-0.2, -0.15) is 5.10 Å². The summed E-state index contributed by atoms with van der Waals surface area (Å²) in [5.74, 6) is 0.336. The van der Waals surface area contributed by atoms with Gasteiger partial charge in [-0.05, 0) is 11.6 Å². The summed E-state index contributed by atoms with van der Waals surface area (Å²) in [6.45, 7) is 0. The summed E-state index contributed by atoms with van der Waals surface area (Å²) >= 11 is 0. The maximum atomic E-state index is 11.7. The molecule has 21 heavy (non-hydrogen) atoms. The SMILES string of the molecule is O=c1[nH]c(/C=C/c2cccc([N+](=O)[O-])c2)nc2[nH]ncc12. The second kappa shape index (κ2) is 5.00. The molecule has 8 heteroatoms. The summed E-state index contributed by atoms with van der Waals surface area (Å²) in [5, 5.41) is 17.4. The van der Waals surface area contributed by atoms with Crippen molar-refractivity contribution in [2.45, 2.75) is 0 Å². The predicted molar refractivity (Wildman–Crippen MR) is 76.5 cm³/mol. The van der Waals surface area contributed by atoms with Gasteiger partial charge in [0.2, 0.25) is 0 Å². The minimum Gasteiger partial charge on any atom is -0.306 e. The number of hydrogen-bond donors (Lipinski definition) is 2. The Kier molecular flexibility index (Phi) is 3.03. The summed E-state index contributed by atoms with van der Waals surface area (Å²) < 4.78 is 0. The fraction of sp³-hybridized carbons (Fsp3) is 0. The molecule has 2 heterocycles. The molecular weight excluding hydrogens is 274 g/mol. The predicted octanol–water partition coefficient (Wildman–Crippen LogP) is 1.72. The van der Waals surface area contributed by atoms with E-state index in [0.717, 1.165) is 0 Å². The molecule has 0 fully saturated rings. The standard InChI is InChI=1S/C13H9N5O3/c19-13-10-7-14-17-12(10)15-11(16-13)5-4-8-2-1-3-9(6-8)18(20)21/h1-7H,(H2,14,15,16,17,19)/b5-4+. The van der Waals surface area contributed by atoms with Crippen LogP contribution >= 0.6 is 0 Å². The van der Waals surface area contributed by atoms with Crippen LogP contribution < -0.4 is 5.56 Å². The molecule has 0 radical (unpaired) electrons. The molecule has 0 unspecified atom stereocenters. The number of H-pyrrole nitrogens is 2. The lowest BCUT2D eigenvalue weighted by atomic mass is 10.2. The van der Waals surface area contributed by atoms with Crippen LogP contribution in [0.1, 0.15) is 11.4 Å². The highest BCUT2D eigenvalue weighted by Crippen LogP contribution is 2.15. The van der Waals surface area contributed by atoms with E-state index in [2.05, 4.69) is 20.2 Å². The van der Waals surface area contributed by atoms with Crippen LogP contribution in [0.15, 0.2) is 35.3 Å². The van der Waals surface area contributed by atoms with Crippen molar-refractivity contribution in [2.24, 2.45) is 0 Å². The number of nitrogens with one attached hydrogen (secondary N) is 2. The topological polar surface area (TPSA) is 118 Å². The Balaban J connectivity index is 1.95. The molecule has 0 aliphatic rings. The van der Waals surface area contributed by atoms with Gasteiger partial charge in [0.05, 0.1) is 11.1 Å². The Morgan fingerprint density at radius 3 is 2.95 bits per heavy atom. The highest BCUT2D eigenvalue weighted by molar-refractivity contribution is 5.75. The minimum atomic E-state index is -0.464. The quantitative estimate of drug-likeness (QED) is 0.560. The van der Waals surface area contributed by atoms with Gasteiger partial charge in [0.15, 0.2) is 5.65 Å². The van der Waals surface area contributed by atoms with Crippen LogP contribution in [0.5, 0.6) is 0 Å². The Hall–Kier alpha value is -3.29. The number of nitrogens with zero attached hydrogens (tertiary/aromatic N) is 3. The molecule has 0 saturated heterocycles. The molecule has 0 amide bonds. The Bertz CT molecular complexity index is 909. The number of hydrogen-bond acceptors (Lipinski definition) is 5. The third-order valence-electron chi connectivity index (χ3n) is 2.85. The lowest BCUT2D eigenvalue weighted by molar-refractivity contribution is -0.384. The summed E-state index contributed by atoms with van der Waals surface area (Å²) in [4.78, 5) is 28.7. The lowest BCUT2D eigenvalue weighted by Crippen LogP contribution is -2.08. The second-order valence-corrected chi connectivity index (χ2v) is 4.27. The van der Waals surface area contributed by atoms with E-state index in [1.807, 2.05) is 0 Å². The van der Waals surface area contributed by atoms with Crippen LogP contribution in [0.2, 0.25) is 0 Å². The third-order valence-corrected chi connectivity index (χ3v) is 2.85. The normalized spacial score (nSPS) is 11.2. The highest BCUT2D eigenvalue weighted by atomic mass is 16.6. The zero-order chi connectivity index (χ0) is 14.8. The number of aromatic amines is 2. The maximum absolute atomic E-state index is 11.7. The number of fused-ring (bicyclic) bond motifs is 1. The van der Waals surface area contributed by atoms with Crippen molar-refractivity contribution in [1.82, 2.24) is 20.2 Å². The number of nitro groups is 1. The first-order valence-corrected chi connectivity index (χ1v) is 5.99. The summed E-state index contributed by atoms with van der Waals surface area (Å²) in [5.41, 5.74) is 0.726. The maximum Gasteiger partial charge on any atom is 0.270 e. The summed E-state index contributed by atoms with van der Waals surface area (Å²) in [7, 11) is 0. The van der Waals surface area contributed by atoms with Gasteiger partial charge in [-0.25, -0.2) is 4.98 Å². The molecule has 0 saturated carbocycles. The van der Waals surface area contributed by atoms with Crippen LogP contribution in [-0.2, 0) is 0 Å². The molecule has 0 atom stereocenters. The van der Waals surface area contributed by atoms with E-state index in [0.29, 0.717) is 22.4 Å². The molecule has 2 N–H and O–H groups in total. The molecule has 8 nitrogen and oxygen atoms in total. The van der Waals surface area contributed by atoms with Crippen molar-refractivity contribution < 1.29 is 4.92 Å². The molecule has 3 aromatic rings. The number of aromatic nitrogens is 4. The molecule has 104 valence electrons. The van der Waals surface area contributed by atoms with Crippen LogP contribution in [0, 0.1) is 10.1 Å². The molecule has 1 aromatic carbocycles. The van der Waals surface area contributed by atoms with Crippen LogP contribution in [0.4, 0.5) is 5.69 Å². The van der Waals surface area contributed by atoms with Gasteiger partial charge < -0.3 is 4.98 Å². The zero-order valence-electron chi connectivity index (χ0n) is 10.6. The largest absolute Gasteiger partial charge is 0.306 e. The first kappa shape index (κ1) is 12.7. The van der Waals surface area contributed by atoms with Gasteiger partial charge in [-0.15, -0.1) is 0 Å². The summed E-state index contributed by atoms with van der Waals surface area (Å²) in [6, 6.07) is 6.15. The van der Waals surface area contributed by atoms with Crippen molar-refractivity contribution in [2.75, 3.05) is 0 Å². The van der Waals surface area contributed by atoms with E-state index in [1.165, 1.54) is 18.3 Å². The van der Waals surface area contributed by atoms with Gasteiger partial charge in [0.1, 0.15) is 11.2 Å². The van der Waals surface area contributed by atoms with E-state index in [9.17, 15) is 14.9 Å². The smallest absolute Gasteiger partial charge is 0.270 e. The van der Waals surface area contributed by atoms with Gasteiger partial charge in [0, 0.05) is 12.1 Å². The summed E-state index contributed by atoms with van der Waals surface area (Å²) in [6.07, 6.45) is 4.60. The fourth-order valence-electron chi connectivity index (χ4n) is 1.86. The number of nitro benzene ring substituents is 1. The van der Waals surface area contributed by atoms with E-state index in [4.69, 9.17) is 0 Å². The van der Waals surface area contributed by atoms with Gasteiger partial charge in [-0.3, -0.25) is 20.0 Å². The van der Waals surface area contributed by atoms with Crippen LogP contribution in [-0.4, -0.2) is 25.1 Å². The van der Waals surface area contributed by atoms with Gasteiger partial charge in [0.25, 0.3) is 11.2 Å². The van der Waals surface area contributed by atoms with Gasteiger partial charge >= 0.3 is 0 Å². The number of rotatable bonds is 3. The van der Waals surface area contributed by atoms with Gasteiger partial charge in [-0.1, -0.05) is 18.2 Å². The van der Waals surface area contributed by atoms with Crippen molar-refractivity contribution in [3.8, 4) is 0 Å². The minimum absolute atomic E-state index is 0.00243. The Morgan fingerprint density at radius 1 is 1.29 bits per heavy atom. The zero-order valence-corrected chi connectivity index (χ0v) is 10.6. The molecule has 0 spiro atoms. The fourth-order valence-corrected chi connectivity index (χ4v) is 1.86. The van der Waals surface area contributed by atoms with Crippen molar-refractivity contribution >= 4 is 28.9 Å². The second-order valence-electron chi connectivity index (χ2n) is 4.27. The molecular formula is C13H9N5O3. The third kappa shape index (κ3) is 2.54. The highest BCUT2D eigenvalue weighted by Gasteiger charge is 2.05. The molecule has 0 bridgehead atoms. The van der Waals surface area contributed by atoms with E-state index < -0.39 is 4.92 Å². The van der Waals surface area contributed by atoms with Crippen molar-refractivity contribution in [3.05, 3.63) is 62.3 Å². The number of non-ortho nitro benzene ring substituents is 1. The van der Waals surface area contributed by atoms with Crippen LogP contribution in [0.3, 0.4) is 0 Å². The van der Waals surface area contributed by atoms with Crippen molar-refractivity contribution in [1.29, 1.82) is 0 Å². The molecule has 0 aliphatic carbocycles. The van der Waals surface area contributed by atoms with Crippen molar-refractivity contribution in [3.63, 3.8) is 0 Å². The van der Waals surface area contributed by atoms with E-state index in [-0.39, 0.29) is 11.2 Å². The van der Waals surface area contributed by atoms with E-state index >= 15 is 0 Å². The molecule has 2 aromatic heterocycles. The Labute approximate surface area is 117 Å². The molecule has 0 aliphatic heterocycles. The first-order valence-electron chi connectivity index (χ1n) is 5.99. The average Bonchev–Trinajstić information content (AvgIpc) is 2.94.